The van der Waals surface area contributed by atoms with Crippen LogP contribution in [0.25, 0.3) is 0 Å². The van der Waals surface area contributed by atoms with E-state index in [-0.39, 0.29) is 4.75 Å². The van der Waals surface area contributed by atoms with Gasteiger partial charge in [0.1, 0.15) is 0 Å². The molecule has 0 radical (unpaired) electrons. The van der Waals surface area contributed by atoms with Gasteiger partial charge in [-0.2, -0.15) is 0 Å². The molecule has 0 unspecified atom stereocenters. The van der Waals surface area contributed by atoms with Crippen LogP contribution in [0.2, 0.25) is 5.02 Å². The maximum atomic E-state index is 6.52. The minimum atomic E-state index is 0.170. The monoisotopic (exact) mass is 375 g/mol. The zero-order valence-corrected chi connectivity index (χ0v) is 16.7. The van der Waals surface area contributed by atoms with Gasteiger partial charge in [-0.05, 0) is 49.2 Å². The van der Waals surface area contributed by atoms with Crippen molar-refractivity contribution in [2.75, 3.05) is 18.4 Å². The SMILES string of the molecule is CC(C)(C)Sc1ccncc1CNc1c(Cl)ccc2c1CCNCC2. The van der Waals surface area contributed by atoms with E-state index in [4.69, 9.17) is 11.6 Å². The smallest absolute Gasteiger partial charge is 0.0640 e. The molecule has 0 spiro atoms. The fourth-order valence-corrected chi connectivity index (χ4v) is 4.38. The lowest BCUT2D eigenvalue weighted by Crippen LogP contribution is -2.16. The number of nitrogens with one attached hydrogen (secondary N) is 2. The Kier molecular flexibility index (Phi) is 5.92. The van der Waals surface area contributed by atoms with Crippen molar-refractivity contribution in [3.05, 3.63) is 52.3 Å². The fourth-order valence-electron chi connectivity index (χ4n) is 3.09. The number of halogens is 1. The van der Waals surface area contributed by atoms with E-state index in [0.29, 0.717) is 0 Å². The fraction of sp³-hybridized carbons (Fsp3) is 0.450. The van der Waals surface area contributed by atoms with Crippen molar-refractivity contribution in [2.24, 2.45) is 0 Å². The van der Waals surface area contributed by atoms with Crippen molar-refractivity contribution in [2.45, 2.75) is 49.8 Å². The molecule has 1 aliphatic rings. The van der Waals surface area contributed by atoms with Crippen molar-refractivity contribution in [3.8, 4) is 0 Å². The van der Waals surface area contributed by atoms with Gasteiger partial charge in [-0.15, -0.1) is 11.8 Å². The quantitative estimate of drug-likeness (QED) is 0.743. The highest BCUT2D eigenvalue weighted by Gasteiger charge is 2.17. The molecule has 5 heteroatoms. The van der Waals surface area contributed by atoms with Gasteiger partial charge >= 0.3 is 0 Å². The second-order valence-corrected chi connectivity index (χ2v) is 9.64. The third-order valence-corrected chi connectivity index (χ3v) is 5.76. The maximum Gasteiger partial charge on any atom is 0.0640 e. The van der Waals surface area contributed by atoms with Gasteiger partial charge < -0.3 is 10.6 Å². The van der Waals surface area contributed by atoms with Gasteiger partial charge in [-0.3, -0.25) is 4.98 Å². The molecule has 3 rings (SSSR count). The first kappa shape index (κ1) is 18.6. The van der Waals surface area contributed by atoms with E-state index in [1.807, 2.05) is 30.2 Å². The highest BCUT2D eigenvalue weighted by Crippen LogP contribution is 2.35. The number of fused-ring (bicyclic) bond motifs is 1. The van der Waals surface area contributed by atoms with Crippen LogP contribution in [0, 0.1) is 0 Å². The van der Waals surface area contributed by atoms with Crippen molar-refractivity contribution in [3.63, 3.8) is 0 Å². The van der Waals surface area contributed by atoms with E-state index in [9.17, 15) is 0 Å². The van der Waals surface area contributed by atoms with Gasteiger partial charge in [0.2, 0.25) is 0 Å². The molecule has 1 aromatic heterocycles. The summed E-state index contributed by atoms with van der Waals surface area (Å²) in [5.41, 5.74) is 5.04. The number of anilines is 1. The summed E-state index contributed by atoms with van der Waals surface area (Å²) in [6.45, 7) is 9.46. The second kappa shape index (κ2) is 7.98. The van der Waals surface area contributed by atoms with Gasteiger partial charge in [0.15, 0.2) is 0 Å². The van der Waals surface area contributed by atoms with Crippen LogP contribution in [0.3, 0.4) is 0 Å². The summed E-state index contributed by atoms with van der Waals surface area (Å²) in [5, 5.41) is 7.86. The molecule has 2 heterocycles. The minimum Gasteiger partial charge on any atom is -0.379 e. The highest BCUT2D eigenvalue weighted by atomic mass is 35.5. The van der Waals surface area contributed by atoms with Gasteiger partial charge in [-0.25, -0.2) is 0 Å². The number of hydrogen-bond acceptors (Lipinski definition) is 4. The van der Waals surface area contributed by atoms with Crippen LogP contribution in [0.4, 0.5) is 5.69 Å². The third-order valence-electron chi connectivity index (χ3n) is 4.21. The second-order valence-electron chi connectivity index (χ2n) is 7.36. The summed E-state index contributed by atoms with van der Waals surface area (Å²) in [7, 11) is 0. The lowest BCUT2D eigenvalue weighted by atomic mass is 10.0. The lowest BCUT2D eigenvalue weighted by Gasteiger charge is -2.21. The molecule has 1 aliphatic heterocycles. The van der Waals surface area contributed by atoms with Crippen LogP contribution < -0.4 is 10.6 Å². The Labute approximate surface area is 160 Å². The van der Waals surface area contributed by atoms with Gasteiger partial charge in [0, 0.05) is 34.1 Å². The zero-order chi connectivity index (χ0) is 17.9. The molecule has 2 N–H and O–H groups in total. The zero-order valence-electron chi connectivity index (χ0n) is 15.2. The van der Waals surface area contributed by atoms with E-state index in [1.165, 1.54) is 21.6 Å². The molecule has 3 nitrogen and oxygen atoms in total. The van der Waals surface area contributed by atoms with Crippen molar-refractivity contribution in [1.29, 1.82) is 0 Å². The minimum absolute atomic E-state index is 0.170. The van der Waals surface area contributed by atoms with E-state index in [2.05, 4.69) is 48.5 Å². The van der Waals surface area contributed by atoms with Crippen molar-refractivity contribution >= 4 is 29.1 Å². The summed E-state index contributed by atoms with van der Waals surface area (Å²) < 4.78 is 0.170. The number of benzene rings is 1. The maximum absolute atomic E-state index is 6.52. The molecule has 0 fully saturated rings. The predicted molar refractivity (Wildman–Crippen MR) is 109 cm³/mol. The van der Waals surface area contributed by atoms with Crippen LogP contribution in [0.5, 0.6) is 0 Å². The van der Waals surface area contributed by atoms with E-state index >= 15 is 0 Å². The van der Waals surface area contributed by atoms with Crippen LogP contribution in [-0.4, -0.2) is 22.8 Å². The van der Waals surface area contributed by atoms with Gasteiger partial charge in [-0.1, -0.05) is 38.4 Å². The molecule has 25 heavy (non-hydrogen) atoms. The molecule has 2 aromatic rings. The van der Waals surface area contributed by atoms with Crippen LogP contribution in [-0.2, 0) is 19.4 Å². The number of thioether (sulfide) groups is 1. The molecular formula is C20H26ClN3S. The largest absolute Gasteiger partial charge is 0.379 e. The standard InChI is InChI=1S/C20H26ClN3S/c1-20(2,3)25-18-8-11-23-12-15(18)13-24-19-16-7-10-22-9-6-14(16)4-5-17(19)21/h4-5,8,11-12,22,24H,6-7,9-10,13H2,1-3H3. The number of aromatic nitrogens is 1. The average Bonchev–Trinajstić information content (AvgIpc) is 2.79. The van der Waals surface area contributed by atoms with Crippen LogP contribution in [0.15, 0.2) is 35.5 Å². The first-order valence-corrected chi connectivity index (χ1v) is 10.0. The molecular weight excluding hydrogens is 350 g/mol. The predicted octanol–water partition coefficient (Wildman–Crippen LogP) is 4.93. The summed E-state index contributed by atoms with van der Waals surface area (Å²) in [5.74, 6) is 0. The molecule has 0 aliphatic carbocycles. The number of hydrogen-bond donors (Lipinski definition) is 2. The number of rotatable bonds is 4. The first-order chi connectivity index (χ1) is 11.9. The average molecular weight is 376 g/mol. The van der Waals surface area contributed by atoms with Gasteiger partial charge in [0.25, 0.3) is 0 Å². The van der Waals surface area contributed by atoms with E-state index in [0.717, 1.165) is 43.2 Å². The van der Waals surface area contributed by atoms with Crippen LogP contribution >= 0.6 is 23.4 Å². The molecule has 0 bridgehead atoms. The van der Waals surface area contributed by atoms with Crippen molar-refractivity contribution < 1.29 is 0 Å². The van der Waals surface area contributed by atoms with Crippen LogP contribution in [0.1, 0.15) is 37.5 Å². The molecule has 1 aromatic carbocycles. The Balaban J connectivity index is 1.83. The Hall–Kier alpha value is -1.23. The van der Waals surface area contributed by atoms with Crippen molar-refractivity contribution in [1.82, 2.24) is 10.3 Å². The molecule has 0 amide bonds. The number of nitrogens with zero attached hydrogens (tertiary/aromatic N) is 1. The Bertz CT molecular complexity index is 740. The highest BCUT2D eigenvalue weighted by molar-refractivity contribution is 8.00. The summed E-state index contributed by atoms with van der Waals surface area (Å²) in [6, 6.07) is 6.28. The lowest BCUT2D eigenvalue weighted by molar-refractivity contribution is 0.711. The molecule has 134 valence electrons. The summed E-state index contributed by atoms with van der Waals surface area (Å²) in [6.07, 6.45) is 5.89. The molecule has 0 saturated carbocycles. The molecule has 0 atom stereocenters. The summed E-state index contributed by atoms with van der Waals surface area (Å²) in [4.78, 5) is 5.59. The third kappa shape index (κ3) is 4.90. The topological polar surface area (TPSA) is 37.0 Å². The van der Waals surface area contributed by atoms with Gasteiger partial charge in [0.05, 0.1) is 10.7 Å². The Morgan fingerprint density at radius 1 is 1.20 bits per heavy atom. The number of pyridine rings is 1. The van der Waals surface area contributed by atoms with E-state index < -0.39 is 0 Å². The Morgan fingerprint density at radius 3 is 2.80 bits per heavy atom. The van der Waals surface area contributed by atoms with E-state index in [1.54, 1.807) is 0 Å². The molecule has 0 saturated heterocycles. The normalized spacial score (nSPS) is 14.7. The summed E-state index contributed by atoms with van der Waals surface area (Å²) >= 11 is 8.40. The first-order valence-electron chi connectivity index (χ1n) is 8.81. The Morgan fingerprint density at radius 2 is 2.00 bits per heavy atom.